The molecule has 2 heterocycles. The largest absolute Gasteiger partial charge is 0.416 e. The summed E-state index contributed by atoms with van der Waals surface area (Å²) in [5, 5.41) is 15.6. The molecule has 1 fully saturated rings. The van der Waals surface area contributed by atoms with Crippen molar-refractivity contribution in [3.05, 3.63) is 65.5 Å². The zero-order valence-electron chi connectivity index (χ0n) is 18.8. The maximum Gasteiger partial charge on any atom is 0.416 e. The molecule has 1 aliphatic heterocycles. The van der Waals surface area contributed by atoms with Gasteiger partial charge in [-0.1, -0.05) is 23.4 Å². The molecule has 0 radical (unpaired) electrons. The molecule has 35 heavy (non-hydrogen) atoms. The number of nitriles is 1. The van der Waals surface area contributed by atoms with Gasteiger partial charge in [-0.3, -0.25) is 9.69 Å². The lowest BCUT2D eigenvalue weighted by atomic mass is 10.1. The molecular formula is C24H23F3N6O2. The lowest BCUT2D eigenvalue weighted by Gasteiger charge is -2.33. The Kier molecular flexibility index (Phi) is 7.43. The smallest absolute Gasteiger partial charge is 0.338 e. The predicted octanol–water partition coefficient (Wildman–Crippen LogP) is 3.77. The molecule has 1 aromatic heterocycles. The fraction of sp³-hybridized carbons (Fsp3) is 0.333. The molecule has 11 heteroatoms. The molecule has 4 rings (SSSR count). The van der Waals surface area contributed by atoms with E-state index in [4.69, 9.17) is 9.78 Å². The van der Waals surface area contributed by atoms with Gasteiger partial charge in [0.1, 0.15) is 0 Å². The molecule has 8 nitrogen and oxygen atoms in total. The van der Waals surface area contributed by atoms with Gasteiger partial charge in [-0.15, -0.1) is 0 Å². The van der Waals surface area contributed by atoms with Crippen molar-refractivity contribution in [2.24, 2.45) is 0 Å². The van der Waals surface area contributed by atoms with Gasteiger partial charge in [-0.05, 0) is 30.3 Å². The highest BCUT2D eigenvalue weighted by molar-refractivity contribution is 5.90. The van der Waals surface area contributed by atoms with E-state index in [0.717, 1.165) is 38.3 Å². The van der Waals surface area contributed by atoms with E-state index >= 15 is 0 Å². The van der Waals surface area contributed by atoms with Gasteiger partial charge in [0.25, 0.3) is 0 Å². The quantitative estimate of drug-likeness (QED) is 0.545. The van der Waals surface area contributed by atoms with Gasteiger partial charge in [0.2, 0.25) is 17.6 Å². The van der Waals surface area contributed by atoms with Gasteiger partial charge in [0, 0.05) is 50.4 Å². The summed E-state index contributed by atoms with van der Waals surface area (Å²) in [4.78, 5) is 20.8. The van der Waals surface area contributed by atoms with Gasteiger partial charge in [0.15, 0.2) is 0 Å². The van der Waals surface area contributed by atoms with E-state index in [9.17, 15) is 18.0 Å². The normalized spacial score (nSPS) is 15.0. The van der Waals surface area contributed by atoms with Crippen LogP contribution in [0.3, 0.4) is 0 Å². The summed E-state index contributed by atoms with van der Waals surface area (Å²) >= 11 is 0. The van der Waals surface area contributed by atoms with Crippen LogP contribution in [0.25, 0.3) is 11.4 Å². The number of piperazine rings is 1. The van der Waals surface area contributed by atoms with E-state index in [0.29, 0.717) is 36.7 Å². The van der Waals surface area contributed by atoms with E-state index in [1.807, 2.05) is 6.07 Å². The van der Waals surface area contributed by atoms with Gasteiger partial charge in [-0.2, -0.15) is 23.4 Å². The van der Waals surface area contributed by atoms with Crippen LogP contribution in [0.5, 0.6) is 0 Å². The average Bonchev–Trinajstić information content (AvgIpc) is 3.32. The summed E-state index contributed by atoms with van der Waals surface area (Å²) in [6.07, 6.45) is -4.10. The maximum absolute atomic E-state index is 12.9. The molecule has 182 valence electrons. The minimum absolute atomic E-state index is 0.115. The average molecular weight is 484 g/mol. The first-order valence-electron chi connectivity index (χ1n) is 11.0. The summed E-state index contributed by atoms with van der Waals surface area (Å²) < 4.78 is 44.1. The zero-order valence-corrected chi connectivity index (χ0v) is 18.8. The molecular weight excluding hydrogens is 461 g/mol. The fourth-order valence-electron chi connectivity index (χ4n) is 3.78. The number of hydrogen-bond donors (Lipinski definition) is 1. The van der Waals surface area contributed by atoms with E-state index in [-0.39, 0.29) is 17.3 Å². The van der Waals surface area contributed by atoms with Crippen LogP contribution in [0, 0.1) is 11.3 Å². The molecule has 0 atom stereocenters. The number of rotatable bonds is 7. The van der Waals surface area contributed by atoms with Crippen molar-refractivity contribution in [2.45, 2.75) is 19.1 Å². The van der Waals surface area contributed by atoms with Crippen LogP contribution < -0.4 is 5.32 Å². The topological polar surface area (TPSA) is 98.3 Å². The predicted molar refractivity (Wildman–Crippen MR) is 121 cm³/mol. The van der Waals surface area contributed by atoms with E-state index in [2.05, 4.69) is 25.3 Å². The maximum atomic E-state index is 12.9. The third kappa shape index (κ3) is 6.65. The van der Waals surface area contributed by atoms with Crippen molar-refractivity contribution in [3.8, 4) is 17.5 Å². The lowest BCUT2D eigenvalue weighted by molar-refractivity contribution is -0.137. The third-order valence-corrected chi connectivity index (χ3v) is 5.67. The summed E-state index contributed by atoms with van der Waals surface area (Å²) in [6, 6.07) is 13.6. The molecule has 1 N–H and O–H groups in total. The third-order valence-electron chi connectivity index (χ3n) is 5.67. The van der Waals surface area contributed by atoms with Crippen molar-refractivity contribution in [1.29, 1.82) is 5.26 Å². The number of benzene rings is 2. The number of carbonyl (C=O) groups is 1. The molecule has 0 aliphatic carbocycles. The van der Waals surface area contributed by atoms with Crippen LogP contribution in [0.1, 0.15) is 23.4 Å². The Morgan fingerprint density at radius 1 is 1.09 bits per heavy atom. The SMILES string of the molecule is N#Cc1cccc(NC(=O)CCN2CCN(Cc3nc(-c4cccc(C(F)(F)F)c4)no3)CC2)c1. The fourth-order valence-corrected chi connectivity index (χ4v) is 3.78. The number of halogens is 3. The van der Waals surface area contributed by atoms with E-state index in [1.54, 1.807) is 24.3 Å². The zero-order chi connectivity index (χ0) is 24.8. The number of nitrogens with one attached hydrogen (secondary N) is 1. The number of aromatic nitrogens is 2. The molecule has 2 aromatic carbocycles. The number of alkyl halides is 3. The van der Waals surface area contributed by atoms with Crippen LogP contribution in [0.4, 0.5) is 18.9 Å². The molecule has 1 saturated heterocycles. The minimum atomic E-state index is -4.44. The highest BCUT2D eigenvalue weighted by Gasteiger charge is 2.31. The van der Waals surface area contributed by atoms with E-state index < -0.39 is 11.7 Å². The second kappa shape index (κ2) is 10.7. The lowest BCUT2D eigenvalue weighted by Crippen LogP contribution is -2.46. The van der Waals surface area contributed by atoms with Crippen molar-refractivity contribution in [3.63, 3.8) is 0 Å². The Labute approximate surface area is 199 Å². The Morgan fingerprint density at radius 2 is 1.83 bits per heavy atom. The van der Waals surface area contributed by atoms with Crippen molar-refractivity contribution < 1.29 is 22.5 Å². The second-order valence-corrected chi connectivity index (χ2v) is 8.20. The number of carbonyl (C=O) groups excluding carboxylic acids is 1. The Bertz CT molecular complexity index is 1210. The molecule has 0 unspecified atom stereocenters. The van der Waals surface area contributed by atoms with Crippen LogP contribution in [-0.4, -0.2) is 58.6 Å². The summed E-state index contributed by atoms with van der Waals surface area (Å²) in [6.45, 7) is 3.98. The van der Waals surface area contributed by atoms with Gasteiger partial charge in [-0.25, -0.2) is 0 Å². The monoisotopic (exact) mass is 484 g/mol. The number of anilines is 1. The van der Waals surface area contributed by atoms with E-state index in [1.165, 1.54) is 12.1 Å². The first-order chi connectivity index (χ1) is 16.8. The Hall–Kier alpha value is -3.75. The molecule has 1 aliphatic rings. The number of amides is 1. The van der Waals surface area contributed by atoms with Crippen LogP contribution >= 0.6 is 0 Å². The summed E-state index contributed by atoms with van der Waals surface area (Å²) in [7, 11) is 0. The standard InChI is InChI=1S/C24H23F3N6O2/c25-24(26,27)19-5-2-4-18(14-19)23-30-22(35-31-23)16-33-11-9-32(10-12-33)8-7-21(34)29-20-6-1-3-17(13-20)15-28/h1-6,13-14H,7-12,16H2,(H,29,34). The van der Waals surface area contributed by atoms with Gasteiger partial charge >= 0.3 is 6.18 Å². The van der Waals surface area contributed by atoms with Crippen molar-refractivity contribution >= 4 is 11.6 Å². The van der Waals surface area contributed by atoms with Gasteiger partial charge in [0.05, 0.1) is 23.7 Å². The first kappa shape index (κ1) is 24.4. The first-order valence-corrected chi connectivity index (χ1v) is 11.0. The molecule has 0 bridgehead atoms. The van der Waals surface area contributed by atoms with Crippen LogP contribution in [0.15, 0.2) is 53.1 Å². The molecule has 1 amide bonds. The van der Waals surface area contributed by atoms with Crippen LogP contribution in [-0.2, 0) is 17.5 Å². The minimum Gasteiger partial charge on any atom is -0.338 e. The molecule has 0 saturated carbocycles. The highest BCUT2D eigenvalue weighted by Crippen LogP contribution is 2.31. The van der Waals surface area contributed by atoms with Crippen molar-refractivity contribution in [2.75, 3.05) is 38.0 Å². The van der Waals surface area contributed by atoms with Crippen molar-refractivity contribution in [1.82, 2.24) is 19.9 Å². The Morgan fingerprint density at radius 3 is 2.57 bits per heavy atom. The summed E-state index contributed by atoms with van der Waals surface area (Å²) in [5.74, 6) is 0.344. The summed E-state index contributed by atoms with van der Waals surface area (Å²) in [5.41, 5.74) is 0.573. The van der Waals surface area contributed by atoms with Crippen LogP contribution in [0.2, 0.25) is 0 Å². The molecule has 3 aromatic rings. The highest BCUT2D eigenvalue weighted by atomic mass is 19.4. The molecule has 0 spiro atoms. The van der Waals surface area contributed by atoms with Gasteiger partial charge < -0.3 is 14.7 Å². The number of hydrogen-bond acceptors (Lipinski definition) is 7. The number of nitrogens with zero attached hydrogens (tertiary/aromatic N) is 5. The Balaban J connectivity index is 1.22. The second-order valence-electron chi connectivity index (χ2n) is 8.20.